The first-order valence-corrected chi connectivity index (χ1v) is 22.2. The first kappa shape index (κ1) is 45.4. The van der Waals surface area contributed by atoms with E-state index in [2.05, 4.69) is 13.8 Å². The first-order valence-electron chi connectivity index (χ1n) is 22.2. The van der Waals surface area contributed by atoms with Crippen molar-refractivity contribution >= 4 is 11.9 Å². The molecular weight excluding hydrogens is 673 g/mol. The smallest absolute Gasteiger partial charge is 0.309 e. The highest BCUT2D eigenvalue weighted by atomic mass is 16.7. The van der Waals surface area contributed by atoms with E-state index in [0.29, 0.717) is 24.0 Å². The van der Waals surface area contributed by atoms with Crippen LogP contribution in [0.3, 0.4) is 0 Å². The summed E-state index contributed by atoms with van der Waals surface area (Å²) in [5.41, 5.74) is 2.02. The Morgan fingerprint density at radius 2 is 0.852 bits per heavy atom. The number of phenolic OH excluding ortho intramolecular Hbond substituents is 2. The Bertz CT molecular complexity index is 1270. The third-order valence-corrected chi connectivity index (χ3v) is 11.9. The van der Waals surface area contributed by atoms with Gasteiger partial charge in [-0.05, 0) is 73.9 Å². The van der Waals surface area contributed by atoms with E-state index in [1.807, 2.05) is 38.1 Å². The maximum atomic E-state index is 13.9. The SMILES string of the molecule is CCCCCCCCCCCCCC(=O)OC1(OC(=O)CCCCCCCCCCCCC)CCCCC1(c1ccc(O)c(C)c1)c1ccc(O)c(C)c1. The van der Waals surface area contributed by atoms with Crippen molar-refractivity contribution in [3.05, 3.63) is 58.7 Å². The Morgan fingerprint density at radius 1 is 0.519 bits per heavy atom. The summed E-state index contributed by atoms with van der Waals surface area (Å²) in [4.78, 5) is 27.8. The average molecular weight is 749 g/mol. The predicted molar refractivity (Wildman–Crippen MR) is 222 cm³/mol. The third-order valence-electron chi connectivity index (χ3n) is 11.9. The lowest BCUT2D eigenvalue weighted by Crippen LogP contribution is -2.59. The summed E-state index contributed by atoms with van der Waals surface area (Å²) in [6, 6.07) is 11.0. The number of ether oxygens (including phenoxy) is 2. The molecule has 0 amide bonds. The van der Waals surface area contributed by atoms with Gasteiger partial charge in [-0.15, -0.1) is 0 Å². The van der Waals surface area contributed by atoms with Crippen molar-refractivity contribution in [2.24, 2.45) is 0 Å². The number of carbonyl (C=O) groups is 2. The van der Waals surface area contributed by atoms with Crippen molar-refractivity contribution in [2.75, 3.05) is 0 Å². The van der Waals surface area contributed by atoms with Crippen LogP contribution in [0.4, 0.5) is 0 Å². The molecule has 2 N–H and O–H groups in total. The highest BCUT2D eigenvalue weighted by molar-refractivity contribution is 5.73. The van der Waals surface area contributed by atoms with Crippen LogP contribution in [0.1, 0.15) is 216 Å². The van der Waals surface area contributed by atoms with Crippen molar-refractivity contribution in [3.63, 3.8) is 0 Å². The van der Waals surface area contributed by atoms with Gasteiger partial charge in [-0.2, -0.15) is 0 Å². The molecule has 1 aliphatic carbocycles. The van der Waals surface area contributed by atoms with E-state index in [0.717, 1.165) is 62.5 Å². The molecule has 0 radical (unpaired) electrons. The molecule has 0 aliphatic heterocycles. The second-order valence-electron chi connectivity index (χ2n) is 16.4. The van der Waals surface area contributed by atoms with Gasteiger partial charge in [0.1, 0.15) is 11.5 Å². The zero-order valence-electron chi connectivity index (χ0n) is 34.8. The van der Waals surface area contributed by atoms with Crippen LogP contribution < -0.4 is 0 Å². The minimum Gasteiger partial charge on any atom is -0.508 e. The molecule has 0 saturated heterocycles. The van der Waals surface area contributed by atoms with E-state index < -0.39 is 11.2 Å². The van der Waals surface area contributed by atoms with E-state index in [4.69, 9.17) is 9.47 Å². The van der Waals surface area contributed by atoms with E-state index in [9.17, 15) is 19.8 Å². The number of unbranched alkanes of at least 4 members (excludes halogenated alkanes) is 20. The molecule has 1 saturated carbocycles. The molecule has 6 nitrogen and oxygen atoms in total. The van der Waals surface area contributed by atoms with E-state index in [1.165, 1.54) is 103 Å². The van der Waals surface area contributed by atoms with Gasteiger partial charge >= 0.3 is 11.9 Å². The molecule has 1 fully saturated rings. The molecule has 0 aromatic heterocycles. The first-order chi connectivity index (χ1) is 26.2. The molecule has 0 bridgehead atoms. The van der Waals surface area contributed by atoms with Gasteiger partial charge in [0.25, 0.3) is 5.79 Å². The summed E-state index contributed by atoms with van der Waals surface area (Å²) in [7, 11) is 0. The minimum absolute atomic E-state index is 0.180. The Kier molecular flexibility index (Phi) is 21.2. The average Bonchev–Trinajstić information content (AvgIpc) is 3.15. The number of aromatic hydroxyl groups is 2. The van der Waals surface area contributed by atoms with Gasteiger partial charge in [0, 0.05) is 19.3 Å². The fourth-order valence-corrected chi connectivity index (χ4v) is 8.52. The molecule has 3 rings (SSSR count). The van der Waals surface area contributed by atoms with Gasteiger partial charge in [-0.25, -0.2) is 0 Å². The standard InChI is InChI=1S/C48H76O6/c1-5-7-9-11-13-15-17-19-21-23-25-29-45(51)53-48(54-46(52)30-26-24-22-20-18-16-14-12-10-8-6-2)36-28-27-35-47(48,41-31-33-43(49)39(3)37-41)42-32-34-44(50)40(4)38-42/h31-34,37-38,49-50H,5-30,35-36H2,1-4H3. The van der Waals surface area contributed by atoms with Gasteiger partial charge in [0.2, 0.25) is 0 Å². The largest absolute Gasteiger partial charge is 0.508 e. The minimum atomic E-state index is -1.57. The molecule has 0 unspecified atom stereocenters. The van der Waals surface area contributed by atoms with Crippen molar-refractivity contribution in [1.29, 1.82) is 0 Å². The Morgan fingerprint density at radius 3 is 1.20 bits per heavy atom. The summed E-state index contributed by atoms with van der Waals surface area (Å²) in [6.07, 6.45) is 29.3. The van der Waals surface area contributed by atoms with Crippen molar-refractivity contribution in [2.45, 2.75) is 219 Å². The summed E-state index contributed by atoms with van der Waals surface area (Å²) >= 11 is 0. The van der Waals surface area contributed by atoms with Crippen LogP contribution in [0.2, 0.25) is 0 Å². The molecule has 0 atom stereocenters. The van der Waals surface area contributed by atoms with Crippen LogP contribution in [0.5, 0.6) is 11.5 Å². The molecule has 2 aromatic rings. The predicted octanol–water partition coefficient (Wildman–Crippen LogP) is 13.8. The molecule has 0 spiro atoms. The second kappa shape index (κ2) is 25.2. The topological polar surface area (TPSA) is 93.1 Å². The summed E-state index contributed by atoms with van der Waals surface area (Å²) < 4.78 is 13.2. The van der Waals surface area contributed by atoms with Crippen LogP contribution in [0.15, 0.2) is 36.4 Å². The van der Waals surface area contributed by atoms with Gasteiger partial charge in [0.15, 0.2) is 0 Å². The van der Waals surface area contributed by atoms with E-state index in [-0.39, 0.29) is 36.3 Å². The lowest BCUT2D eigenvalue weighted by molar-refractivity contribution is -0.260. The monoisotopic (exact) mass is 749 g/mol. The normalized spacial score (nSPS) is 14.9. The molecule has 0 heterocycles. The molecule has 6 heteroatoms. The molecule has 54 heavy (non-hydrogen) atoms. The van der Waals surface area contributed by atoms with Crippen molar-refractivity contribution in [1.82, 2.24) is 0 Å². The van der Waals surface area contributed by atoms with E-state index in [1.54, 1.807) is 12.1 Å². The van der Waals surface area contributed by atoms with Crippen LogP contribution in [-0.2, 0) is 24.5 Å². The molecule has 304 valence electrons. The highest BCUT2D eigenvalue weighted by Gasteiger charge is 2.61. The number of aryl methyl sites for hydroxylation is 2. The number of rotatable bonds is 28. The number of hydrogen-bond donors (Lipinski definition) is 2. The van der Waals surface area contributed by atoms with Crippen molar-refractivity contribution in [3.8, 4) is 11.5 Å². The number of phenols is 2. The van der Waals surface area contributed by atoms with Crippen LogP contribution >= 0.6 is 0 Å². The lowest BCUT2D eigenvalue weighted by Gasteiger charge is -2.52. The summed E-state index contributed by atoms with van der Waals surface area (Å²) in [6.45, 7) is 8.22. The number of benzene rings is 2. The zero-order valence-corrected chi connectivity index (χ0v) is 34.8. The zero-order chi connectivity index (χ0) is 39.1. The molecule has 1 aliphatic rings. The fraction of sp³-hybridized carbons (Fsp3) is 0.708. The highest BCUT2D eigenvalue weighted by Crippen LogP contribution is 2.55. The quantitative estimate of drug-likeness (QED) is 0.0511. The van der Waals surface area contributed by atoms with E-state index >= 15 is 0 Å². The number of esters is 2. The number of hydrogen-bond acceptors (Lipinski definition) is 6. The second-order valence-corrected chi connectivity index (χ2v) is 16.4. The third kappa shape index (κ3) is 14.2. The Labute approximate surface area is 329 Å². The Hall–Kier alpha value is -3.02. The van der Waals surface area contributed by atoms with Gasteiger partial charge < -0.3 is 19.7 Å². The lowest BCUT2D eigenvalue weighted by atomic mass is 9.60. The summed E-state index contributed by atoms with van der Waals surface area (Å²) in [5.74, 6) is -1.89. The van der Waals surface area contributed by atoms with Gasteiger partial charge in [0.05, 0.1) is 5.41 Å². The van der Waals surface area contributed by atoms with Crippen LogP contribution in [-0.4, -0.2) is 27.9 Å². The number of carbonyl (C=O) groups excluding carboxylic acids is 2. The van der Waals surface area contributed by atoms with Gasteiger partial charge in [-0.1, -0.05) is 173 Å². The van der Waals surface area contributed by atoms with Gasteiger partial charge in [-0.3, -0.25) is 9.59 Å². The fourth-order valence-electron chi connectivity index (χ4n) is 8.52. The van der Waals surface area contributed by atoms with Crippen LogP contribution in [0, 0.1) is 13.8 Å². The summed E-state index contributed by atoms with van der Waals surface area (Å²) in [5, 5.41) is 21.1. The maximum absolute atomic E-state index is 13.9. The maximum Gasteiger partial charge on any atom is 0.309 e. The van der Waals surface area contributed by atoms with Crippen molar-refractivity contribution < 1.29 is 29.3 Å². The molecule has 2 aromatic carbocycles. The Balaban J connectivity index is 1.76. The van der Waals surface area contributed by atoms with Crippen LogP contribution in [0.25, 0.3) is 0 Å². The molecular formula is C48H76O6.